The van der Waals surface area contributed by atoms with Crippen LogP contribution in [0.2, 0.25) is 0 Å². The molecule has 2 aromatic heterocycles. The second-order valence-corrected chi connectivity index (χ2v) is 12.0. The van der Waals surface area contributed by atoms with Gasteiger partial charge in [0.05, 0.1) is 5.92 Å². The van der Waals surface area contributed by atoms with Gasteiger partial charge in [0.1, 0.15) is 10.0 Å². The molecule has 1 aromatic carbocycles. The molecule has 5 rings (SSSR count). The van der Waals surface area contributed by atoms with Crippen molar-refractivity contribution >= 4 is 56.3 Å². The predicted molar refractivity (Wildman–Crippen MR) is 157 cm³/mol. The van der Waals surface area contributed by atoms with Gasteiger partial charge in [-0.1, -0.05) is 77.8 Å². The maximum Gasteiger partial charge on any atom is 0.234 e. The van der Waals surface area contributed by atoms with E-state index in [0.29, 0.717) is 40.7 Å². The lowest BCUT2D eigenvalue weighted by atomic mass is 9.95. The molecule has 41 heavy (non-hydrogen) atoms. The fraction of sp³-hybridized carbons (Fsp3) is 0.310. The molecule has 10 nitrogen and oxygen atoms in total. The number of Topliss-reactive ketones (excluding diaryl/α,β-unsaturated/α-hetero) is 2. The van der Waals surface area contributed by atoms with Crippen LogP contribution in [0.4, 0.5) is 10.3 Å². The minimum Gasteiger partial charge on any atom is -0.300 e. The lowest BCUT2D eigenvalue weighted by Gasteiger charge is -2.12. The summed E-state index contributed by atoms with van der Waals surface area (Å²) in [5, 5.41) is 24.6. The minimum atomic E-state index is -0.509. The zero-order valence-electron chi connectivity index (χ0n) is 22.2. The highest BCUT2D eigenvalue weighted by atomic mass is 32.1. The first-order valence-electron chi connectivity index (χ1n) is 13.3. The van der Waals surface area contributed by atoms with Gasteiger partial charge in [-0.05, 0) is 24.8 Å². The van der Waals surface area contributed by atoms with Gasteiger partial charge < -0.3 is 5.32 Å². The number of anilines is 2. The third-order valence-electron chi connectivity index (χ3n) is 6.89. The number of aryl methyl sites for hydroxylation is 2. The highest BCUT2D eigenvalue weighted by Crippen LogP contribution is 2.34. The Morgan fingerprint density at radius 2 is 1.51 bits per heavy atom. The first-order valence-corrected chi connectivity index (χ1v) is 14.9. The number of aromatic nitrogens is 4. The van der Waals surface area contributed by atoms with Gasteiger partial charge >= 0.3 is 0 Å². The van der Waals surface area contributed by atoms with Gasteiger partial charge in [-0.15, -0.1) is 20.4 Å². The van der Waals surface area contributed by atoms with E-state index in [1.807, 2.05) is 24.3 Å². The summed E-state index contributed by atoms with van der Waals surface area (Å²) in [5.41, 5.74) is 1.75. The average molecular weight is 589 g/mol. The molecular formula is C29H28N6O4S2. The number of hydrogen-bond acceptors (Lipinski definition) is 10. The fourth-order valence-corrected chi connectivity index (χ4v) is 6.25. The van der Waals surface area contributed by atoms with Crippen molar-refractivity contribution in [3.05, 3.63) is 81.9 Å². The van der Waals surface area contributed by atoms with Gasteiger partial charge in [-0.2, -0.15) is 0 Å². The minimum absolute atomic E-state index is 0.0210. The van der Waals surface area contributed by atoms with Crippen LogP contribution in [-0.2, 0) is 27.2 Å². The second kappa shape index (κ2) is 13.0. The molecule has 2 amide bonds. The number of benzene rings is 1. The second-order valence-electron chi connectivity index (χ2n) is 9.83. The van der Waals surface area contributed by atoms with Crippen LogP contribution < -0.4 is 10.6 Å². The SMILES string of the molecule is C=C1/C=C\C=C/CC(C(=O)Nc2nnc(CCCCc3nnc(NC(=O)C4CC(=O)c5ccccc54)s3)s2)CC1=O. The number of allylic oxidation sites excluding steroid dienone is 5. The summed E-state index contributed by atoms with van der Waals surface area (Å²) in [6.07, 6.45) is 10.9. The zero-order valence-corrected chi connectivity index (χ0v) is 23.8. The lowest BCUT2D eigenvalue weighted by Crippen LogP contribution is -2.25. The topological polar surface area (TPSA) is 144 Å². The zero-order chi connectivity index (χ0) is 28.8. The Bertz CT molecular complexity index is 1560. The third kappa shape index (κ3) is 7.14. The van der Waals surface area contributed by atoms with Crippen molar-refractivity contribution in [3.8, 4) is 0 Å². The van der Waals surface area contributed by atoms with Gasteiger partial charge in [0.15, 0.2) is 11.6 Å². The van der Waals surface area contributed by atoms with Crippen LogP contribution in [0.1, 0.15) is 64.0 Å². The van der Waals surface area contributed by atoms with E-state index in [9.17, 15) is 19.2 Å². The van der Waals surface area contributed by atoms with Gasteiger partial charge in [0.25, 0.3) is 0 Å². The molecule has 2 N–H and O–H groups in total. The van der Waals surface area contributed by atoms with E-state index in [4.69, 9.17) is 0 Å². The normalized spacial score (nSPS) is 20.0. The smallest absolute Gasteiger partial charge is 0.234 e. The summed E-state index contributed by atoms with van der Waals surface area (Å²) in [6.45, 7) is 3.75. The Morgan fingerprint density at radius 1 is 0.854 bits per heavy atom. The van der Waals surface area contributed by atoms with Crippen LogP contribution in [0, 0.1) is 5.92 Å². The predicted octanol–water partition coefficient (Wildman–Crippen LogP) is 4.85. The Morgan fingerprint density at radius 3 is 2.22 bits per heavy atom. The molecule has 0 radical (unpaired) electrons. The number of carbonyl (C=O) groups is 4. The Kier molecular flexibility index (Phi) is 9.00. The number of nitrogens with zero attached hydrogens (tertiary/aromatic N) is 4. The highest BCUT2D eigenvalue weighted by Gasteiger charge is 2.34. The molecule has 0 aliphatic heterocycles. The molecule has 2 heterocycles. The standard InChI is InChI=1S/C29H28N6O4S2/c1-17-9-3-2-4-10-18(15-22(17)36)26(38)30-28-34-32-24(40-28)13-7-8-14-25-33-35-29(41-25)31-27(39)21-16-23(37)20-12-6-5-11-19(20)21/h2-6,9,11-12,18,21H,1,7-8,10,13-16H2,(H,30,34,38)(H,31,35,39)/b4-2-,9-3-. The summed E-state index contributed by atoms with van der Waals surface area (Å²) in [5.74, 6) is -1.69. The Labute approximate surface area is 244 Å². The quantitative estimate of drug-likeness (QED) is 0.267. The molecule has 0 spiro atoms. The number of nitrogens with one attached hydrogen (secondary N) is 2. The van der Waals surface area contributed by atoms with Crippen molar-refractivity contribution in [1.29, 1.82) is 0 Å². The molecule has 2 atom stereocenters. The molecule has 2 aliphatic rings. The van der Waals surface area contributed by atoms with E-state index in [-0.39, 0.29) is 36.2 Å². The van der Waals surface area contributed by atoms with Crippen LogP contribution in [-0.4, -0.2) is 43.8 Å². The van der Waals surface area contributed by atoms with Crippen LogP contribution in [0.15, 0.2) is 60.7 Å². The maximum atomic E-state index is 12.8. The van der Waals surface area contributed by atoms with E-state index < -0.39 is 11.8 Å². The third-order valence-corrected chi connectivity index (χ3v) is 8.69. The summed E-state index contributed by atoms with van der Waals surface area (Å²) >= 11 is 2.65. The molecule has 3 aromatic rings. The van der Waals surface area contributed by atoms with E-state index >= 15 is 0 Å². The molecule has 0 saturated heterocycles. The monoisotopic (exact) mass is 588 g/mol. The van der Waals surface area contributed by atoms with Crippen molar-refractivity contribution < 1.29 is 19.2 Å². The van der Waals surface area contributed by atoms with E-state index in [2.05, 4.69) is 37.6 Å². The van der Waals surface area contributed by atoms with Crippen molar-refractivity contribution in [2.45, 2.75) is 50.9 Å². The Balaban J connectivity index is 1.05. The van der Waals surface area contributed by atoms with Crippen LogP contribution in [0.3, 0.4) is 0 Å². The molecule has 2 unspecified atom stereocenters. The molecule has 12 heteroatoms. The van der Waals surface area contributed by atoms with Crippen molar-refractivity contribution in [2.24, 2.45) is 5.92 Å². The van der Waals surface area contributed by atoms with Crippen LogP contribution >= 0.6 is 22.7 Å². The fourth-order valence-electron chi connectivity index (χ4n) is 4.68. The number of unbranched alkanes of at least 4 members (excludes halogenated alkanes) is 1. The molecule has 2 aliphatic carbocycles. The van der Waals surface area contributed by atoms with E-state index in [0.717, 1.165) is 28.4 Å². The summed E-state index contributed by atoms with van der Waals surface area (Å²) < 4.78 is 0. The van der Waals surface area contributed by atoms with Crippen molar-refractivity contribution in [3.63, 3.8) is 0 Å². The number of carbonyl (C=O) groups excluding carboxylic acids is 4. The average Bonchev–Trinajstić information content (AvgIpc) is 3.69. The molecule has 0 bridgehead atoms. The first-order chi connectivity index (χ1) is 19.9. The van der Waals surface area contributed by atoms with E-state index in [1.54, 1.807) is 24.3 Å². The summed E-state index contributed by atoms with van der Waals surface area (Å²) in [4.78, 5) is 50.0. The highest BCUT2D eigenvalue weighted by molar-refractivity contribution is 7.15. The van der Waals surface area contributed by atoms with Crippen molar-refractivity contribution in [2.75, 3.05) is 10.6 Å². The molecule has 0 saturated carbocycles. The van der Waals surface area contributed by atoms with Crippen LogP contribution in [0.5, 0.6) is 0 Å². The number of ketones is 2. The molecule has 0 fully saturated rings. The van der Waals surface area contributed by atoms with Gasteiger partial charge in [0.2, 0.25) is 22.1 Å². The number of amides is 2. The number of hydrogen-bond donors (Lipinski definition) is 2. The number of rotatable bonds is 9. The lowest BCUT2D eigenvalue weighted by molar-refractivity contribution is -0.124. The van der Waals surface area contributed by atoms with Gasteiger partial charge in [-0.3, -0.25) is 24.5 Å². The van der Waals surface area contributed by atoms with Gasteiger partial charge in [-0.25, -0.2) is 0 Å². The molecule has 210 valence electrons. The summed E-state index contributed by atoms with van der Waals surface area (Å²) in [7, 11) is 0. The van der Waals surface area contributed by atoms with Crippen LogP contribution in [0.25, 0.3) is 0 Å². The first kappa shape index (κ1) is 28.4. The Hall–Kier alpha value is -4.16. The number of fused-ring (bicyclic) bond motifs is 1. The van der Waals surface area contributed by atoms with Crippen molar-refractivity contribution in [1.82, 2.24) is 20.4 Å². The van der Waals surface area contributed by atoms with E-state index in [1.165, 1.54) is 22.7 Å². The largest absolute Gasteiger partial charge is 0.300 e. The molecular weight excluding hydrogens is 560 g/mol. The maximum absolute atomic E-state index is 12.8. The van der Waals surface area contributed by atoms with Gasteiger partial charge in [0, 0.05) is 42.7 Å². The summed E-state index contributed by atoms with van der Waals surface area (Å²) in [6, 6.07) is 7.20.